The molecule has 2 aromatic rings. The molecule has 1 aromatic heterocycles. The van der Waals surface area contributed by atoms with Gasteiger partial charge in [0.05, 0.1) is 6.93 Å². The highest BCUT2D eigenvalue weighted by molar-refractivity contribution is 6.04. The highest BCUT2D eigenvalue weighted by atomic mass is 16.5. The van der Waals surface area contributed by atoms with Crippen LogP contribution >= 0.6 is 0 Å². The maximum absolute atomic E-state index is 12.5. The Labute approximate surface area is 125 Å². The van der Waals surface area contributed by atoms with E-state index in [1.807, 2.05) is 6.07 Å². The Bertz CT molecular complexity index is 713. The van der Waals surface area contributed by atoms with Crippen LogP contribution in [0.5, 0.6) is 0 Å². The number of hydrogen-bond acceptors (Lipinski definition) is 3. The number of ether oxygens (including phenoxy) is 1. The van der Waals surface area contributed by atoms with Crippen molar-refractivity contribution < 1.29 is 10.9 Å². The molecule has 2 saturated heterocycles. The van der Waals surface area contributed by atoms with E-state index in [1.54, 1.807) is 18.3 Å². The van der Waals surface area contributed by atoms with Crippen molar-refractivity contribution in [3.8, 4) is 0 Å². The molecule has 1 N–H and O–H groups in total. The van der Waals surface area contributed by atoms with E-state index in [4.69, 9.17) is 6.11 Å². The second-order valence-corrected chi connectivity index (χ2v) is 6.22. The van der Waals surface area contributed by atoms with Crippen LogP contribution in [0.2, 0.25) is 0 Å². The Balaban J connectivity index is 1.52. The van der Waals surface area contributed by atoms with Gasteiger partial charge in [-0.2, -0.15) is 0 Å². The summed E-state index contributed by atoms with van der Waals surface area (Å²) in [5.41, 5.74) is 1.38. The molecule has 0 radical (unpaired) electrons. The fraction of sp³-hybridized carbons (Fsp3) is 0.471. The average molecular weight is 285 g/mol. The molecule has 2 aliphatic rings. The van der Waals surface area contributed by atoms with Gasteiger partial charge in [-0.1, -0.05) is 18.2 Å². The second-order valence-electron chi connectivity index (χ2n) is 6.22. The third-order valence-electron chi connectivity index (χ3n) is 5.07. The lowest BCUT2D eigenvalue weighted by Crippen LogP contribution is -2.43. The average Bonchev–Trinajstić information content (AvgIpc) is 2.97. The van der Waals surface area contributed by atoms with Gasteiger partial charge >= 0.3 is 5.97 Å². The van der Waals surface area contributed by atoms with Gasteiger partial charge in [0.1, 0.15) is 6.10 Å². The summed E-state index contributed by atoms with van der Waals surface area (Å²) in [6.45, 7) is 0. The molecular weight excluding hydrogens is 264 g/mol. The van der Waals surface area contributed by atoms with Gasteiger partial charge in [-0.25, -0.2) is 4.79 Å². The van der Waals surface area contributed by atoms with Crippen LogP contribution in [0.4, 0.5) is 0 Å². The maximum Gasteiger partial charge on any atom is 0.340 e. The molecule has 2 unspecified atom stereocenters. The first-order chi connectivity index (χ1) is 10.6. The summed E-state index contributed by atoms with van der Waals surface area (Å²) >= 11 is 0. The number of esters is 1. The predicted octanol–water partition coefficient (Wildman–Crippen LogP) is 2.95. The smallest absolute Gasteiger partial charge is 0.340 e. The molecule has 2 aliphatic heterocycles. The number of fused-ring (bicyclic) bond motifs is 3. The van der Waals surface area contributed by atoms with E-state index in [2.05, 4.69) is 16.9 Å². The number of benzene rings is 1. The first-order valence-corrected chi connectivity index (χ1v) is 7.62. The third-order valence-corrected chi connectivity index (χ3v) is 5.07. The van der Waals surface area contributed by atoms with Gasteiger partial charge in [0.2, 0.25) is 0 Å². The highest BCUT2D eigenvalue weighted by Crippen LogP contribution is 2.35. The molecule has 0 spiro atoms. The molecule has 21 heavy (non-hydrogen) atoms. The minimum absolute atomic E-state index is 0.0293. The molecule has 0 amide bonds. The van der Waals surface area contributed by atoms with Gasteiger partial charge in [0, 0.05) is 42.0 Å². The first kappa shape index (κ1) is 11.8. The monoisotopic (exact) mass is 285 g/mol. The number of hydrogen-bond donors (Lipinski definition) is 1. The molecular formula is C17H20N2O2. The lowest BCUT2D eigenvalue weighted by atomic mass is 10.0. The normalized spacial score (nSPS) is 29.6. The summed E-state index contributed by atoms with van der Waals surface area (Å²) in [4.78, 5) is 18.0. The SMILES string of the molecule is [2H]c1ccc2c(C(=O)OC3CC4CC[C@H](C3)N4C)c[nH]c2c1. The van der Waals surface area contributed by atoms with Crippen molar-refractivity contribution in [2.45, 2.75) is 43.9 Å². The van der Waals surface area contributed by atoms with Gasteiger partial charge in [-0.3, -0.25) is 0 Å². The van der Waals surface area contributed by atoms with Gasteiger partial charge in [-0.15, -0.1) is 0 Å². The summed E-state index contributed by atoms with van der Waals surface area (Å²) in [5, 5.41) is 0.830. The van der Waals surface area contributed by atoms with Crippen molar-refractivity contribution in [3.63, 3.8) is 0 Å². The van der Waals surface area contributed by atoms with Gasteiger partial charge < -0.3 is 14.6 Å². The molecule has 2 bridgehead atoms. The van der Waals surface area contributed by atoms with Crippen LogP contribution in [0.15, 0.2) is 30.4 Å². The molecule has 4 heteroatoms. The molecule has 1 aromatic carbocycles. The van der Waals surface area contributed by atoms with E-state index in [9.17, 15) is 4.79 Å². The van der Waals surface area contributed by atoms with E-state index >= 15 is 0 Å². The quantitative estimate of drug-likeness (QED) is 0.863. The van der Waals surface area contributed by atoms with Crippen molar-refractivity contribution in [2.75, 3.05) is 7.05 Å². The fourth-order valence-corrected chi connectivity index (χ4v) is 3.85. The van der Waals surface area contributed by atoms with Gasteiger partial charge in [0.25, 0.3) is 0 Å². The summed E-state index contributed by atoms with van der Waals surface area (Å²) in [5.74, 6) is -0.252. The van der Waals surface area contributed by atoms with E-state index in [0.29, 0.717) is 23.7 Å². The minimum atomic E-state index is -0.252. The van der Waals surface area contributed by atoms with Crippen molar-refractivity contribution in [1.82, 2.24) is 9.88 Å². The topological polar surface area (TPSA) is 45.3 Å². The summed E-state index contributed by atoms with van der Waals surface area (Å²) in [6, 6.07) is 6.78. The molecule has 3 heterocycles. The van der Waals surface area contributed by atoms with E-state index in [1.165, 1.54) is 12.8 Å². The van der Waals surface area contributed by atoms with Crippen LogP contribution in [0.1, 0.15) is 37.4 Å². The van der Waals surface area contributed by atoms with Gasteiger partial charge in [0.15, 0.2) is 0 Å². The zero-order valence-electron chi connectivity index (χ0n) is 13.1. The Morgan fingerprint density at radius 1 is 1.38 bits per heavy atom. The standard InChI is InChI=1S/C17H20N2O2/c1-19-11-6-7-12(19)9-13(8-11)21-17(20)15-10-18-16-5-3-2-4-14(15)16/h2-5,10-13,18H,6-9H2,1H3/t11-,12?,13?/m1/s1/i3D. The van der Waals surface area contributed by atoms with Crippen LogP contribution in [0, 0.1) is 0 Å². The number of aromatic nitrogens is 1. The van der Waals surface area contributed by atoms with Crippen molar-refractivity contribution in [3.05, 3.63) is 36.0 Å². The largest absolute Gasteiger partial charge is 0.459 e. The lowest BCUT2D eigenvalue weighted by molar-refractivity contribution is -0.000258. The number of carbonyl (C=O) groups is 1. The molecule has 2 fully saturated rings. The van der Waals surface area contributed by atoms with Crippen LogP contribution in [0.25, 0.3) is 10.9 Å². The number of carbonyl (C=O) groups excluding carboxylic acids is 1. The molecule has 3 atom stereocenters. The fourth-order valence-electron chi connectivity index (χ4n) is 3.85. The van der Waals surface area contributed by atoms with Crippen molar-refractivity contribution in [1.29, 1.82) is 0 Å². The Hall–Kier alpha value is -1.81. The molecule has 4 rings (SSSR count). The number of nitrogens with one attached hydrogen (secondary N) is 1. The third kappa shape index (κ3) is 2.14. The number of para-hydroxylation sites is 1. The van der Waals surface area contributed by atoms with Crippen LogP contribution in [-0.4, -0.2) is 41.1 Å². The van der Waals surface area contributed by atoms with Crippen LogP contribution in [-0.2, 0) is 4.74 Å². The Morgan fingerprint density at radius 2 is 2.14 bits per heavy atom. The Kier molecular flexibility index (Phi) is 2.74. The number of H-pyrrole nitrogens is 1. The lowest BCUT2D eigenvalue weighted by Gasteiger charge is -2.35. The van der Waals surface area contributed by atoms with E-state index < -0.39 is 0 Å². The first-order valence-electron chi connectivity index (χ1n) is 8.12. The Morgan fingerprint density at radius 3 is 2.90 bits per heavy atom. The summed E-state index contributed by atoms with van der Waals surface area (Å²) in [7, 11) is 2.18. The van der Waals surface area contributed by atoms with Crippen LogP contribution in [0.3, 0.4) is 0 Å². The number of piperidine rings is 1. The maximum atomic E-state index is 12.5. The molecule has 0 saturated carbocycles. The van der Waals surface area contributed by atoms with Gasteiger partial charge in [-0.05, 0) is 26.0 Å². The molecule has 0 aliphatic carbocycles. The summed E-state index contributed by atoms with van der Waals surface area (Å²) < 4.78 is 13.4. The van der Waals surface area contributed by atoms with E-state index in [-0.39, 0.29) is 12.1 Å². The predicted molar refractivity (Wildman–Crippen MR) is 81.3 cm³/mol. The molecule has 110 valence electrons. The highest BCUT2D eigenvalue weighted by Gasteiger charge is 2.40. The zero-order chi connectivity index (χ0) is 15.3. The summed E-state index contributed by atoms with van der Waals surface area (Å²) in [6.07, 6.45) is 6.04. The number of nitrogens with zero attached hydrogens (tertiary/aromatic N) is 1. The van der Waals surface area contributed by atoms with Crippen molar-refractivity contribution in [2.24, 2.45) is 0 Å². The number of rotatable bonds is 2. The van der Waals surface area contributed by atoms with Crippen molar-refractivity contribution >= 4 is 16.9 Å². The van der Waals surface area contributed by atoms with E-state index in [0.717, 1.165) is 23.7 Å². The zero-order valence-corrected chi connectivity index (χ0v) is 12.1. The molecule has 4 nitrogen and oxygen atoms in total. The second kappa shape index (κ2) is 4.88. The minimum Gasteiger partial charge on any atom is -0.459 e. The van der Waals surface area contributed by atoms with Crippen LogP contribution < -0.4 is 0 Å². The number of aromatic amines is 1.